The summed E-state index contributed by atoms with van der Waals surface area (Å²) in [5.41, 5.74) is 5.65. The lowest BCUT2D eigenvalue weighted by Crippen LogP contribution is -2.30. The van der Waals surface area contributed by atoms with Crippen LogP contribution in [0.4, 0.5) is 13.2 Å². The first kappa shape index (κ1) is 12.8. The van der Waals surface area contributed by atoms with Crippen molar-refractivity contribution < 1.29 is 13.2 Å². The first-order chi connectivity index (χ1) is 5.90. The fraction of sp³-hybridized carbons (Fsp3) is 1.00. The molecule has 0 aromatic heterocycles. The zero-order valence-corrected chi connectivity index (χ0v) is 8.19. The van der Waals surface area contributed by atoms with Gasteiger partial charge in [-0.05, 0) is 12.3 Å². The van der Waals surface area contributed by atoms with Crippen LogP contribution in [-0.2, 0) is 0 Å². The fourth-order valence-corrected chi connectivity index (χ4v) is 1.46. The maximum absolute atomic E-state index is 11.8. The molecule has 0 bridgehead atoms. The molecule has 0 heterocycles. The Hall–Kier alpha value is -0.250. The molecule has 80 valence electrons. The second-order valence-corrected chi connectivity index (χ2v) is 3.39. The molecule has 4 heteroatoms. The van der Waals surface area contributed by atoms with Gasteiger partial charge in [0.1, 0.15) is 0 Å². The smallest absolute Gasteiger partial charge is 0.327 e. The van der Waals surface area contributed by atoms with Gasteiger partial charge >= 0.3 is 6.18 Å². The molecule has 0 aliphatic carbocycles. The second-order valence-electron chi connectivity index (χ2n) is 3.39. The van der Waals surface area contributed by atoms with E-state index < -0.39 is 12.6 Å². The molecule has 0 spiro atoms. The molecule has 1 nitrogen and oxygen atoms in total. The van der Waals surface area contributed by atoms with E-state index in [0.29, 0.717) is 0 Å². The Morgan fingerprint density at radius 2 is 1.62 bits per heavy atom. The summed E-state index contributed by atoms with van der Waals surface area (Å²) < 4.78 is 35.5. The number of rotatable bonds is 5. The Labute approximate surface area is 77.5 Å². The van der Waals surface area contributed by atoms with Crippen LogP contribution in [-0.4, -0.2) is 12.2 Å². The number of nitrogens with two attached hydrogens (primary N) is 1. The van der Waals surface area contributed by atoms with Crippen molar-refractivity contribution in [3.05, 3.63) is 0 Å². The van der Waals surface area contributed by atoms with Crippen LogP contribution in [0.15, 0.2) is 0 Å². The van der Waals surface area contributed by atoms with Gasteiger partial charge in [0.25, 0.3) is 0 Å². The Bertz CT molecular complexity index is 129. The molecule has 0 saturated heterocycles. The SMILES string of the molecule is CCC(CC)C(N)CCC(F)(F)F. The summed E-state index contributed by atoms with van der Waals surface area (Å²) in [7, 11) is 0. The molecule has 0 aromatic carbocycles. The Kier molecular flexibility index (Phi) is 5.37. The van der Waals surface area contributed by atoms with Crippen LogP contribution in [0, 0.1) is 5.92 Å². The van der Waals surface area contributed by atoms with Crippen LogP contribution < -0.4 is 5.73 Å². The molecular formula is C9H18F3N. The lowest BCUT2D eigenvalue weighted by Gasteiger charge is -2.21. The predicted molar refractivity (Wildman–Crippen MR) is 47.3 cm³/mol. The van der Waals surface area contributed by atoms with Gasteiger partial charge in [-0.1, -0.05) is 26.7 Å². The molecule has 0 fully saturated rings. The highest BCUT2D eigenvalue weighted by Crippen LogP contribution is 2.24. The van der Waals surface area contributed by atoms with Gasteiger partial charge in [0.05, 0.1) is 0 Å². The highest BCUT2D eigenvalue weighted by atomic mass is 19.4. The fourth-order valence-electron chi connectivity index (χ4n) is 1.46. The van der Waals surface area contributed by atoms with Gasteiger partial charge in [-0.15, -0.1) is 0 Å². The van der Waals surface area contributed by atoms with Crippen LogP contribution in [0.1, 0.15) is 39.5 Å². The molecule has 0 aromatic rings. The Morgan fingerprint density at radius 3 is 1.92 bits per heavy atom. The molecule has 13 heavy (non-hydrogen) atoms. The third kappa shape index (κ3) is 5.91. The lowest BCUT2D eigenvalue weighted by molar-refractivity contribution is -0.136. The molecular weight excluding hydrogens is 179 g/mol. The first-order valence-electron chi connectivity index (χ1n) is 4.73. The van der Waals surface area contributed by atoms with Gasteiger partial charge < -0.3 is 5.73 Å². The van der Waals surface area contributed by atoms with E-state index in [1.165, 1.54) is 0 Å². The highest BCUT2D eigenvalue weighted by molar-refractivity contribution is 4.71. The average molecular weight is 197 g/mol. The maximum Gasteiger partial charge on any atom is 0.389 e. The van der Waals surface area contributed by atoms with E-state index in [-0.39, 0.29) is 18.4 Å². The van der Waals surface area contributed by atoms with Gasteiger partial charge in [-0.25, -0.2) is 0 Å². The number of hydrogen-bond donors (Lipinski definition) is 1. The average Bonchev–Trinajstić information content (AvgIpc) is 2.02. The Morgan fingerprint density at radius 1 is 1.15 bits per heavy atom. The molecule has 1 unspecified atom stereocenters. The lowest BCUT2D eigenvalue weighted by atomic mass is 9.92. The van der Waals surface area contributed by atoms with Crippen molar-refractivity contribution in [1.29, 1.82) is 0 Å². The normalized spacial score (nSPS) is 15.0. The Balaban J connectivity index is 3.78. The summed E-state index contributed by atoms with van der Waals surface area (Å²) in [5.74, 6) is 0.224. The van der Waals surface area contributed by atoms with Gasteiger partial charge in [0.2, 0.25) is 0 Å². The van der Waals surface area contributed by atoms with Gasteiger partial charge in [0.15, 0.2) is 0 Å². The molecule has 1 atom stereocenters. The summed E-state index contributed by atoms with van der Waals surface area (Å²) in [4.78, 5) is 0. The molecule has 0 aliphatic heterocycles. The van der Waals surface area contributed by atoms with Crippen molar-refractivity contribution in [2.75, 3.05) is 0 Å². The third-order valence-corrected chi connectivity index (χ3v) is 2.42. The van der Waals surface area contributed by atoms with Crippen LogP contribution in [0.2, 0.25) is 0 Å². The molecule has 0 radical (unpaired) electrons. The third-order valence-electron chi connectivity index (χ3n) is 2.42. The molecule has 0 amide bonds. The summed E-state index contributed by atoms with van der Waals surface area (Å²) >= 11 is 0. The van der Waals surface area contributed by atoms with E-state index >= 15 is 0 Å². The number of alkyl halides is 3. The standard InChI is InChI=1S/C9H18F3N/c1-3-7(4-2)8(13)5-6-9(10,11)12/h7-8H,3-6,13H2,1-2H3. The zero-order chi connectivity index (χ0) is 10.5. The molecule has 0 aliphatic rings. The van der Waals surface area contributed by atoms with Crippen LogP contribution in [0.5, 0.6) is 0 Å². The minimum absolute atomic E-state index is 0.0514. The minimum atomic E-state index is -4.07. The van der Waals surface area contributed by atoms with Gasteiger partial charge in [0, 0.05) is 12.5 Å². The zero-order valence-electron chi connectivity index (χ0n) is 8.19. The van der Waals surface area contributed by atoms with Crippen molar-refractivity contribution in [2.24, 2.45) is 11.7 Å². The van der Waals surface area contributed by atoms with Crippen molar-refractivity contribution in [3.63, 3.8) is 0 Å². The topological polar surface area (TPSA) is 26.0 Å². The van der Waals surface area contributed by atoms with E-state index in [2.05, 4.69) is 0 Å². The molecule has 0 rings (SSSR count). The predicted octanol–water partition coefficient (Wildman–Crippen LogP) is 3.09. The highest BCUT2D eigenvalue weighted by Gasteiger charge is 2.28. The van der Waals surface area contributed by atoms with E-state index in [4.69, 9.17) is 5.73 Å². The molecule has 0 saturated carbocycles. The number of hydrogen-bond acceptors (Lipinski definition) is 1. The quantitative estimate of drug-likeness (QED) is 0.720. The monoisotopic (exact) mass is 197 g/mol. The van der Waals surface area contributed by atoms with Crippen molar-refractivity contribution in [3.8, 4) is 0 Å². The van der Waals surface area contributed by atoms with Crippen molar-refractivity contribution in [1.82, 2.24) is 0 Å². The van der Waals surface area contributed by atoms with Gasteiger partial charge in [-0.3, -0.25) is 0 Å². The van der Waals surface area contributed by atoms with E-state index in [1.54, 1.807) is 0 Å². The van der Waals surface area contributed by atoms with Gasteiger partial charge in [-0.2, -0.15) is 13.2 Å². The molecule has 2 N–H and O–H groups in total. The van der Waals surface area contributed by atoms with Crippen LogP contribution in [0.25, 0.3) is 0 Å². The van der Waals surface area contributed by atoms with Crippen molar-refractivity contribution in [2.45, 2.75) is 51.7 Å². The second kappa shape index (κ2) is 5.47. The van der Waals surface area contributed by atoms with Crippen molar-refractivity contribution >= 4 is 0 Å². The van der Waals surface area contributed by atoms with E-state index in [1.807, 2.05) is 13.8 Å². The largest absolute Gasteiger partial charge is 0.389 e. The minimum Gasteiger partial charge on any atom is -0.327 e. The van der Waals surface area contributed by atoms with Crippen LogP contribution in [0.3, 0.4) is 0 Å². The van der Waals surface area contributed by atoms with E-state index in [0.717, 1.165) is 12.8 Å². The maximum atomic E-state index is 11.8. The summed E-state index contributed by atoms with van der Waals surface area (Å²) in [6, 6.07) is -0.309. The van der Waals surface area contributed by atoms with E-state index in [9.17, 15) is 13.2 Å². The summed E-state index contributed by atoms with van der Waals surface area (Å²) in [5, 5.41) is 0. The van der Waals surface area contributed by atoms with Crippen LogP contribution >= 0.6 is 0 Å². The summed E-state index contributed by atoms with van der Waals surface area (Å²) in [6.45, 7) is 3.92. The summed E-state index contributed by atoms with van der Waals surface area (Å²) in [6.07, 6.45) is -3.06. The number of halogens is 3. The first-order valence-corrected chi connectivity index (χ1v) is 4.73.